The van der Waals surface area contributed by atoms with Crippen LogP contribution >= 0.6 is 0 Å². The maximum Gasteiger partial charge on any atom is 0.238 e. The molecule has 0 unspecified atom stereocenters. The second-order valence-electron chi connectivity index (χ2n) is 7.02. The zero-order valence-corrected chi connectivity index (χ0v) is 15.5. The lowest BCUT2D eigenvalue weighted by Gasteiger charge is -2.16. The van der Waals surface area contributed by atoms with Gasteiger partial charge in [-0.15, -0.1) is 5.10 Å². The average Bonchev–Trinajstić information content (AvgIpc) is 3.38. The summed E-state index contributed by atoms with van der Waals surface area (Å²) in [7, 11) is 0. The van der Waals surface area contributed by atoms with Gasteiger partial charge in [0.15, 0.2) is 0 Å². The molecule has 0 amide bonds. The topological polar surface area (TPSA) is 59.7 Å². The second-order valence-corrected chi connectivity index (χ2v) is 7.02. The van der Waals surface area contributed by atoms with Gasteiger partial charge in [-0.05, 0) is 56.2 Å². The van der Waals surface area contributed by atoms with Crippen molar-refractivity contribution in [3.63, 3.8) is 0 Å². The number of nitrogens with zero attached hydrogens (tertiary/aromatic N) is 6. The third-order valence-corrected chi connectivity index (χ3v) is 5.24. The van der Waals surface area contributed by atoms with Gasteiger partial charge in [-0.3, -0.25) is 0 Å². The predicted molar refractivity (Wildman–Crippen MR) is 106 cm³/mol. The van der Waals surface area contributed by atoms with E-state index in [0.717, 1.165) is 41.1 Å². The fraction of sp³-hybridized carbons (Fsp3) is 0.238. The highest BCUT2D eigenvalue weighted by Crippen LogP contribution is 2.28. The number of rotatable bonds is 3. The molecule has 0 spiro atoms. The summed E-state index contributed by atoms with van der Waals surface area (Å²) in [5.74, 6) is 0.464. The molecule has 7 heteroatoms. The van der Waals surface area contributed by atoms with E-state index in [9.17, 15) is 4.39 Å². The summed E-state index contributed by atoms with van der Waals surface area (Å²) in [4.78, 5) is 10.8. The highest BCUT2D eigenvalue weighted by atomic mass is 19.1. The number of halogens is 1. The van der Waals surface area contributed by atoms with Crippen molar-refractivity contribution >= 4 is 16.7 Å². The van der Waals surface area contributed by atoms with E-state index in [1.165, 1.54) is 23.7 Å². The van der Waals surface area contributed by atoms with Gasteiger partial charge in [0.1, 0.15) is 17.2 Å². The van der Waals surface area contributed by atoms with Crippen molar-refractivity contribution in [3.05, 3.63) is 60.3 Å². The molecule has 0 bridgehead atoms. The van der Waals surface area contributed by atoms with Crippen molar-refractivity contribution in [1.29, 1.82) is 0 Å². The molecular formula is C21H19FN6. The Morgan fingerprint density at radius 2 is 1.89 bits per heavy atom. The molecule has 6 nitrogen and oxygen atoms in total. The van der Waals surface area contributed by atoms with E-state index in [1.54, 1.807) is 12.1 Å². The molecule has 0 aliphatic carbocycles. The number of hydrogen-bond donors (Lipinski definition) is 0. The summed E-state index contributed by atoms with van der Waals surface area (Å²) < 4.78 is 15.5. The SMILES string of the molecule is Cc1c(-c2ccc3nc(N4CCCC4)ccc3c2)nnn1-c1cccnc1F. The molecule has 1 aliphatic rings. The zero-order valence-electron chi connectivity index (χ0n) is 15.5. The van der Waals surface area contributed by atoms with Crippen LogP contribution in [0.5, 0.6) is 0 Å². The molecule has 1 aliphatic heterocycles. The van der Waals surface area contributed by atoms with Crippen LogP contribution in [-0.4, -0.2) is 38.1 Å². The van der Waals surface area contributed by atoms with Gasteiger partial charge in [0.05, 0.1) is 11.2 Å². The molecule has 0 saturated carbocycles. The minimum atomic E-state index is -0.570. The van der Waals surface area contributed by atoms with Crippen LogP contribution in [0.1, 0.15) is 18.5 Å². The van der Waals surface area contributed by atoms with Gasteiger partial charge in [0, 0.05) is 30.2 Å². The summed E-state index contributed by atoms with van der Waals surface area (Å²) in [6.07, 6.45) is 3.87. The molecular weight excluding hydrogens is 355 g/mol. The highest BCUT2D eigenvalue weighted by Gasteiger charge is 2.17. The number of benzene rings is 1. The van der Waals surface area contributed by atoms with Crippen LogP contribution in [0.3, 0.4) is 0 Å². The van der Waals surface area contributed by atoms with Crippen molar-refractivity contribution in [2.75, 3.05) is 18.0 Å². The van der Waals surface area contributed by atoms with Crippen molar-refractivity contribution in [1.82, 2.24) is 25.0 Å². The number of fused-ring (bicyclic) bond motifs is 1. The van der Waals surface area contributed by atoms with Crippen LogP contribution in [0.25, 0.3) is 27.8 Å². The molecule has 0 atom stereocenters. The Kier molecular flexibility index (Phi) is 4.00. The molecule has 28 heavy (non-hydrogen) atoms. The van der Waals surface area contributed by atoms with Gasteiger partial charge in [-0.2, -0.15) is 4.39 Å². The Hall–Kier alpha value is -3.35. The number of hydrogen-bond acceptors (Lipinski definition) is 5. The van der Waals surface area contributed by atoms with Crippen LogP contribution in [0, 0.1) is 12.9 Å². The Labute approximate surface area is 161 Å². The summed E-state index contributed by atoms with van der Waals surface area (Å²) in [5, 5.41) is 9.46. The normalized spacial score (nSPS) is 14.1. The lowest BCUT2D eigenvalue weighted by Crippen LogP contribution is -2.18. The molecule has 1 aromatic carbocycles. The van der Waals surface area contributed by atoms with Crippen LogP contribution in [0.15, 0.2) is 48.7 Å². The largest absolute Gasteiger partial charge is 0.357 e. The Bertz CT molecular complexity index is 1160. The van der Waals surface area contributed by atoms with Crippen LogP contribution in [0.2, 0.25) is 0 Å². The maximum atomic E-state index is 14.0. The first-order chi connectivity index (χ1) is 13.7. The fourth-order valence-corrected chi connectivity index (χ4v) is 3.74. The van der Waals surface area contributed by atoms with E-state index in [2.05, 4.69) is 38.4 Å². The number of aromatic nitrogens is 5. The quantitative estimate of drug-likeness (QED) is 0.509. The molecule has 3 aromatic heterocycles. The molecule has 5 rings (SSSR count). The Morgan fingerprint density at radius 1 is 1.04 bits per heavy atom. The summed E-state index contributed by atoms with van der Waals surface area (Å²) in [5.41, 5.74) is 3.64. The molecule has 0 radical (unpaired) electrons. The van der Waals surface area contributed by atoms with Crippen molar-refractivity contribution in [3.8, 4) is 16.9 Å². The molecule has 1 fully saturated rings. The van der Waals surface area contributed by atoms with Gasteiger partial charge in [0.2, 0.25) is 5.95 Å². The highest BCUT2D eigenvalue weighted by molar-refractivity contribution is 5.85. The number of anilines is 1. The number of pyridine rings is 2. The van der Waals surface area contributed by atoms with Crippen LogP contribution in [-0.2, 0) is 0 Å². The van der Waals surface area contributed by atoms with Gasteiger partial charge in [-0.1, -0.05) is 11.3 Å². The van der Waals surface area contributed by atoms with Gasteiger partial charge in [0.25, 0.3) is 0 Å². The fourth-order valence-electron chi connectivity index (χ4n) is 3.74. The van der Waals surface area contributed by atoms with E-state index >= 15 is 0 Å². The van der Waals surface area contributed by atoms with Gasteiger partial charge in [-0.25, -0.2) is 14.6 Å². The monoisotopic (exact) mass is 374 g/mol. The van der Waals surface area contributed by atoms with E-state index in [-0.39, 0.29) is 5.69 Å². The minimum absolute atomic E-state index is 0.288. The Balaban J connectivity index is 1.53. The van der Waals surface area contributed by atoms with Crippen LogP contribution < -0.4 is 4.90 Å². The van der Waals surface area contributed by atoms with E-state index in [1.807, 2.05) is 19.1 Å². The molecule has 4 aromatic rings. The zero-order chi connectivity index (χ0) is 19.1. The first kappa shape index (κ1) is 16.8. The lowest BCUT2D eigenvalue weighted by molar-refractivity contribution is 0.564. The van der Waals surface area contributed by atoms with Crippen molar-refractivity contribution < 1.29 is 4.39 Å². The average molecular weight is 374 g/mol. The van der Waals surface area contributed by atoms with Crippen molar-refractivity contribution in [2.24, 2.45) is 0 Å². The van der Waals surface area contributed by atoms with Crippen LogP contribution in [0.4, 0.5) is 10.2 Å². The first-order valence-corrected chi connectivity index (χ1v) is 9.40. The van der Waals surface area contributed by atoms with E-state index < -0.39 is 5.95 Å². The third kappa shape index (κ3) is 2.79. The lowest BCUT2D eigenvalue weighted by atomic mass is 10.1. The van der Waals surface area contributed by atoms with E-state index in [0.29, 0.717) is 5.69 Å². The second kappa shape index (κ2) is 6.67. The maximum absolute atomic E-state index is 14.0. The van der Waals surface area contributed by atoms with Crippen molar-refractivity contribution in [2.45, 2.75) is 19.8 Å². The smallest absolute Gasteiger partial charge is 0.238 e. The molecule has 140 valence electrons. The standard InChI is InChI=1S/C21H19FN6/c1-14-20(25-26-28(14)18-5-4-10-23-21(18)22)16-6-8-17-15(13-16)7-9-19(24-17)27-11-2-3-12-27/h4-10,13H,2-3,11-12H2,1H3. The molecule has 1 saturated heterocycles. The summed E-state index contributed by atoms with van der Waals surface area (Å²) in [6.45, 7) is 4.02. The third-order valence-electron chi connectivity index (χ3n) is 5.24. The molecule has 0 N–H and O–H groups in total. The Morgan fingerprint density at radius 3 is 2.71 bits per heavy atom. The van der Waals surface area contributed by atoms with E-state index in [4.69, 9.17) is 4.98 Å². The van der Waals surface area contributed by atoms with Gasteiger partial charge >= 0.3 is 0 Å². The molecule has 4 heterocycles. The summed E-state index contributed by atoms with van der Waals surface area (Å²) in [6, 6.07) is 13.5. The van der Waals surface area contributed by atoms with Gasteiger partial charge < -0.3 is 4.90 Å². The summed E-state index contributed by atoms with van der Waals surface area (Å²) >= 11 is 0. The predicted octanol–water partition coefficient (Wildman–Crippen LogP) is 3.93. The minimum Gasteiger partial charge on any atom is -0.357 e. The first-order valence-electron chi connectivity index (χ1n) is 9.40.